The third-order valence-electron chi connectivity index (χ3n) is 3.97. The molecule has 0 aliphatic rings. The second kappa shape index (κ2) is 8.98. The number of hydrogen-bond acceptors (Lipinski definition) is 6. The summed E-state index contributed by atoms with van der Waals surface area (Å²) in [5, 5.41) is 14.5. The lowest BCUT2D eigenvalue weighted by molar-refractivity contribution is 0.102. The average Bonchev–Trinajstić information content (AvgIpc) is 3.17. The summed E-state index contributed by atoms with van der Waals surface area (Å²) in [5.74, 6) is 1.69. The maximum Gasteiger partial charge on any atom is 0.255 e. The van der Waals surface area contributed by atoms with Crippen LogP contribution in [0.3, 0.4) is 0 Å². The molecule has 0 saturated heterocycles. The van der Waals surface area contributed by atoms with E-state index in [-0.39, 0.29) is 18.6 Å². The first-order valence-corrected chi connectivity index (χ1v) is 9.11. The van der Waals surface area contributed by atoms with E-state index in [0.717, 1.165) is 0 Å². The van der Waals surface area contributed by atoms with Gasteiger partial charge in [-0.05, 0) is 67.6 Å². The number of hydrogen-bond donors (Lipinski definition) is 1. The summed E-state index contributed by atoms with van der Waals surface area (Å²) in [7, 11) is 0. The Hall–Kier alpha value is -3.42. The number of nitrogens with zero attached hydrogens (tertiary/aromatic N) is 4. The molecule has 3 rings (SSSR count). The van der Waals surface area contributed by atoms with Gasteiger partial charge < -0.3 is 14.8 Å². The maximum atomic E-state index is 12.5. The van der Waals surface area contributed by atoms with Crippen molar-refractivity contribution in [1.82, 2.24) is 20.2 Å². The van der Waals surface area contributed by atoms with Crippen LogP contribution in [-0.2, 0) is 6.61 Å². The summed E-state index contributed by atoms with van der Waals surface area (Å²) in [6.45, 7) is 6.67. The van der Waals surface area contributed by atoms with Gasteiger partial charge in [-0.15, -0.1) is 5.10 Å². The van der Waals surface area contributed by atoms with Crippen molar-refractivity contribution in [1.29, 1.82) is 0 Å². The Labute approximate surface area is 163 Å². The smallest absolute Gasteiger partial charge is 0.255 e. The van der Waals surface area contributed by atoms with Crippen molar-refractivity contribution in [3.05, 3.63) is 59.9 Å². The molecule has 146 valence electrons. The molecule has 0 saturated carbocycles. The highest BCUT2D eigenvalue weighted by atomic mass is 16.5. The van der Waals surface area contributed by atoms with Crippen molar-refractivity contribution in [2.75, 3.05) is 11.9 Å². The molecule has 8 heteroatoms. The predicted molar refractivity (Wildman–Crippen MR) is 105 cm³/mol. The molecule has 1 heterocycles. The van der Waals surface area contributed by atoms with Gasteiger partial charge in [0.05, 0.1) is 18.3 Å². The van der Waals surface area contributed by atoms with Crippen molar-refractivity contribution < 1.29 is 14.3 Å². The van der Waals surface area contributed by atoms with Gasteiger partial charge in [0.15, 0.2) is 5.82 Å². The van der Waals surface area contributed by atoms with Crippen LogP contribution in [0.1, 0.15) is 43.0 Å². The Morgan fingerprint density at radius 1 is 1.11 bits per heavy atom. The van der Waals surface area contributed by atoms with Gasteiger partial charge in [-0.2, -0.15) is 0 Å². The molecule has 1 amide bonds. The zero-order valence-electron chi connectivity index (χ0n) is 16.1. The van der Waals surface area contributed by atoms with Crippen molar-refractivity contribution in [3.8, 4) is 11.5 Å². The zero-order valence-corrected chi connectivity index (χ0v) is 16.1. The molecule has 0 radical (unpaired) electrons. The van der Waals surface area contributed by atoms with E-state index in [0.29, 0.717) is 35.2 Å². The minimum absolute atomic E-state index is 0.152. The summed E-state index contributed by atoms with van der Waals surface area (Å²) in [4.78, 5) is 12.5. The van der Waals surface area contributed by atoms with Crippen molar-refractivity contribution in [2.24, 2.45) is 0 Å². The Bertz CT molecular complexity index is 922. The maximum absolute atomic E-state index is 12.5. The molecule has 2 aromatic carbocycles. The van der Waals surface area contributed by atoms with Crippen LogP contribution in [0.4, 0.5) is 5.69 Å². The lowest BCUT2D eigenvalue weighted by atomic mass is 10.2. The fraction of sp³-hybridized carbons (Fsp3) is 0.300. The van der Waals surface area contributed by atoms with E-state index in [9.17, 15) is 4.79 Å². The van der Waals surface area contributed by atoms with Crippen LogP contribution >= 0.6 is 0 Å². The number of carbonyl (C=O) groups excluding carboxylic acids is 1. The van der Waals surface area contributed by atoms with Crippen LogP contribution in [0.2, 0.25) is 0 Å². The van der Waals surface area contributed by atoms with E-state index in [1.54, 1.807) is 35.0 Å². The standard InChI is InChI=1S/C20H23N5O3/c1-4-27-18-8-6-5-7-17(18)21-20(26)15-9-11-16(12-10-15)28-13-19-22-23-24-25(19)14(2)3/h5-12,14H,4,13H2,1-3H3,(H,21,26). The summed E-state index contributed by atoms with van der Waals surface area (Å²) < 4.78 is 13.0. The summed E-state index contributed by atoms with van der Waals surface area (Å²) in [6.07, 6.45) is 0. The number of amides is 1. The normalized spacial score (nSPS) is 10.7. The quantitative estimate of drug-likeness (QED) is 0.642. The number of rotatable bonds is 8. The van der Waals surface area contributed by atoms with Gasteiger partial charge in [-0.3, -0.25) is 4.79 Å². The van der Waals surface area contributed by atoms with Crippen LogP contribution in [0.5, 0.6) is 11.5 Å². The summed E-state index contributed by atoms with van der Waals surface area (Å²) in [5.41, 5.74) is 1.15. The topological polar surface area (TPSA) is 91.2 Å². The van der Waals surface area contributed by atoms with Crippen LogP contribution in [0.25, 0.3) is 0 Å². The molecule has 8 nitrogen and oxygen atoms in total. The van der Waals surface area contributed by atoms with E-state index in [1.807, 2.05) is 39.0 Å². The Balaban J connectivity index is 1.62. The van der Waals surface area contributed by atoms with E-state index < -0.39 is 0 Å². The lowest BCUT2D eigenvalue weighted by Crippen LogP contribution is -2.13. The number of ether oxygens (including phenoxy) is 2. The number of benzene rings is 2. The molecule has 0 fully saturated rings. The second-order valence-electron chi connectivity index (χ2n) is 6.33. The molecule has 0 atom stereocenters. The first-order valence-electron chi connectivity index (χ1n) is 9.11. The molecule has 0 unspecified atom stereocenters. The predicted octanol–water partition coefficient (Wildman–Crippen LogP) is 3.48. The number of anilines is 1. The molecule has 1 aromatic heterocycles. The number of carbonyl (C=O) groups is 1. The molecule has 0 aliphatic carbocycles. The van der Waals surface area contributed by atoms with Crippen LogP contribution in [0, 0.1) is 0 Å². The SMILES string of the molecule is CCOc1ccccc1NC(=O)c1ccc(OCc2nnnn2C(C)C)cc1. The van der Waals surface area contributed by atoms with Gasteiger partial charge >= 0.3 is 0 Å². The number of para-hydroxylation sites is 2. The Kier molecular flexibility index (Phi) is 6.21. The monoisotopic (exact) mass is 381 g/mol. The van der Waals surface area contributed by atoms with E-state index in [2.05, 4.69) is 20.8 Å². The van der Waals surface area contributed by atoms with Gasteiger partial charge in [-0.25, -0.2) is 4.68 Å². The van der Waals surface area contributed by atoms with E-state index in [1.165, 1.54) is 0 Å². The summed E-state index contributed by atoms with van der Waals surface area (Å²) in [6, 6.07) is 14.4. The first kappa shape index (κ1) is 19.3. The van der Waals surface area contributed by atoms with Crippen LogP contribution < -0.4 is 14.8 Å². The van der Waals surface area contributed by atoms with Crippen LogP contribution in [0.15, 0.2) is 48.5 Å². The largest absolute Gasteiger partial charge is 0.492 e. The van der Waals surface area contributed by atoms with Crippen molar-refractivity contribution in [2.45, 2.75) is 33.4 Å². The minimum Gasteiger partial charge on any atom is -0.492 e. The third kappa shape index (κ3) is 4.64. The fourth-order valence-corrected chi connectivity index (χ4v) is 2.60. The Morgan fingerprint density at radius 3 is 2.57 bits per heavy atom. The number of aromatic nitrogens is 4. The lowest BCUT2D eigenvalue weighted by Gasteiger charge is -2.12. The highest BCUT2D eigenvalue weighted by Crippen LogP contribution is 2.24. The number of nitrogens with one attached hydrogen (secondary N) is 1. The van der Waals surface area contributed by atoms with Crippen LogP contribution in [-0.4, -0.2) is 32.7 Å². The Morgan fingerprint density at radius 2 is 1.86 bits per heavy atom. The first-order chi connectivity index (χ1) is 13.6. The highest BCUT2D eigenvalue weighted by Gasteiger charge is 2.12. The average molecular weight is 381 g/mol. The zero-order chi connectivity index (χ0) is 19.9. The molecular weight excluding hydrogens is 358 g/mol. The van der Waals surface area contributed by atoms with Gasteiger partial charge in [0.25, 0.3) is 5.91 Å². The molecule has 0 bridgehead atoms. The van der Waals surface area contributed by atoms with E-state index >= 15 is 0 Å². The molecular formula is C20H23N5O3. The molecule has 3 aromatic rings. The minimum atomic E-state index is -0.220. The second-order valence-corrected chi connectivity index (χ2v) is 6.33. The van der Waals surface area contributed by atoms with Gasteiger partial charge in [0.2, 0.25) is 0 Å². The third-order valence-corrected chi connectivity index (χ3v) is 3.97. The molecule has 0 aliphatic heterocycles. The van der Waals surface area contributed by atoms with Crippen molar-refractivity contribution >= 4 is 11.6 Å². The summed E-state index contributed by atoms with van der Waals surface area (Å²) >= 11 is 0. The van der Waals surface area contributed by atoms with Gasteiger partial charge in [-0.1, -0.05) is 12.1 Å². The fourth-order valence-electron chi connectivity index (χ4n) is 2.60. The van der Waals surface area contributed by atoms with Crippen molar-refractivity contribution in [3.63, 3.8) is 0 Å². The molecule has 1 N–H and O–H groups in total. The highest BCUT2D eigenvalue weighted by molar-refractivity contribution is 6.05. The van der Waals surface area contributed by atoms with E-state index in [4.69, 9.17) is 9.47 Å². The molecule has 0 spiro atoms. The number of tetrazole rings is 1. The van der Waals surface area contributed by atoms with Gasteiger partial charge in [0.1, 0.15) is 18.1 Å². The van der Waals surface area contributed by atoms with Gasteiger partial charge in [0, 0.05) is 5.56 Å². The molecule has 28 heavy (non-hydrogen) atoms.